The van der Waals surface area contributed by atoms with Crippen molar-refractivity contribution in [3.63, 3.8) is 0 Å². The molecule has 0 saturated carbocycles. The van der Waals surface area contributed by atoms with E-state index in [-0.39, 0.29) is 5.91 Å². The summed E-state index contributed by atoms with van der Waals surface area (Å²) >= 11 is 0. The first-order valence-corrected chi connectivity index (χ1v) is 7.78. The summed E-state index contributed by atoms with van der Waals surface area (Å²) in [5, 5.41) is 3.05. The van der Waals surface area contributed by atoms with Crippen LogP contribution in [0.2, 0.25) is 0 Å². The van der Waals surface area contributed by atoms with Gasteiger partial charge in [-0.3, -0.25) is 4.79 Å². The summed E-state index contributed by atoms with van der Waals surface area (Å²) in [5.41, 5.74) is 0.850. The zero-order valence-corrected chi connectivity index (χ0v) is 13.7. The first-order chi connectivity index (χ1) is 10.6. The van der Waals surface area contributed by atoms with Crippen LogP contribution in [0.5, 0.6) is 11.5 Å². The van der Waals surface area contributed by atoms with Crippen LogP contribution in [-0.4, -0.2) is 51.7 Å². The van der Waals surface area contributed by atoms with Crippen molar-refractivity contribution in [1.82, 2.24) is 10.2 Å². The van der Waals surface area contributed by atoms with Crippen molar-refractivity contribution in [2.24, 2.45) is 5.92 Å². The standard InChI is InChI=1S/C17H26N2O3/c1-19-8-6-13(7-9-19)12-18-17(20)11-14-10-15(21-2)4-5-16(14)22-3/h4-5,10,13H,6-9,11-12H2,1-3H3,(H,18,20). The van der Waals surface area contributed by atoms with Gasteiger partial charge < -0.3 is 19.7 Å². The normalized spacial score (nSPS) is 16.3. The third-order valence-corrected chi connectivity index (χ3v) is 4.26. The second-order valence-electron chi connectivity index (χ2n) is 5.91. The predicted molar refractivity (Wildman–Crippen MR) is 86.5 cm³/mol. The Labute approximate surface area is 132 Å². The molecule has 1 aromatic rings. The zero-order valence-electron chi connectivity index (χ0n) is 13.7. The number of nitrogens with zero attached hydrogens (tertiary/aromatic N) is 1. The highest BCUT2D eigenvalue weighted by Gasteiger charge is 2.17. The van der Waals surface area contributed by atoms with Gasteiger partial charge in [-0.25, -0.2) is 0 Å². The summed E-state index contributed by atoms with van der Waals surface area (Å²) in [4.78, 5) is 14.5. The minimum atomic E-state index is 0.0329. The minimum Gasteiger partial charge on any atom is -0.497 e. The van der Waals surface area contributed by atoms with Gasteiger partial charge in [-0.15, -0.1) is 0 Å². The molecule has 122 valence electrons. The highest BCUT2D eigenvalue weighted by atomic mass is 16.5. The number of nitrogens with one attached hydrogen (secondary N) is 1. The second kappa shape index (κ2) is 8.03. The number of methoxy groups -OCH3 is 2. The van der Waals surface area contributed by atoms with E-state index in [1.165, 1.54) is 0 Å². The molecule has 1 heterocycles. The molecule has 0 bridgehead atoms. The van der Waals surface area contributed by atoms with Crippen LogP contribution >= 0.6 is 0 Å². The fraction of sp³-hybridized carbons (Fsp3) is 0.588. The maximum Gasteiger partial charge on any atom is 0.224 e. The third-order valence-electron chi connectivity index (χ3n) is 4.26. The number of piperidine rings is 1. The monoisotopic (exact) mass is 306 g/mol. The second-order valence-corrected chi connectivity index (χ2v) is 5.91. The van der Waals surface area contributed by atoms with Gasteiger partial charge in [0.1, 0.15) is 11.5 Å². The average Bonchev–Trinajstić information content (AvgIpc) is 2.54. The molecule has 1 aliphatic rings. The Morgan fingerprint density at radius 2 is 2.00 bits per heavy atom. The van der Waals surface area contributed by atoms with Gasteiger partial charge in [-0.1, -0.05) is 0 Å². The molecular formula is C17H26N2O3. The van der Waals surface area contributed by atoms with Crippen LogP contribution < -0.4 is 14.8 Å². The molecule has 5 nitrogen and oxygen atoms in total. The van der Waals surface area contributed by atoms with Crippen LogP contribution in [0.15, 0.2) is 18.2 Å². The molecule has 1 saturated heterocycles. The number of likely N-dealkylation sites (tertiary alicyclic amines) is 1. The van der Waals surface area contributed by atoms with Crippen LogP contribution in [0, 0.1) is 5.92 Å². The van der Waals surface area contributed by atoms with Gasteiger partial charge in [0.15, 0.2) is 0 Å². The predicted octanol–water partition coefficient (Wildman–Crippen LogP) is 1.70. The number of rotatable bonds is 6. The van der Waals surface area contributed by atoms with E-state index >= 15 is 0 Å². The zero-order chi connectivity index (χ0) is 15.9. The molecular weight excluding hydrogens is 280 g/mol. The molecule has 0 radical (unpaired) electrons. The molecule has 0 aromatic heterocycles. The van der Waals surface area contributed by atoms with Gasteiger partial charge in [-0.05, 0) is 57.1 Å². The van der Waals surface area contributed by atoms with E-state index in [1.807, 2.05) is 18.2 Å². The molecule has 0 unspecified atom stereocenters. The van der Waals surface area contributed by atoms with Crippen molar-refractivity contribution < 1.29 is 14.3 Å². The highest BCUT2D eigenvalue weighted by molar-refractivity contribution is 5.79. The lowest BCUT2D eigenvalue weighted by molar-refractivity contribution is -0.120. The number of benzene rings is 1. The molecule has 0 aliphatic carbocycles. The van der Waals surface area contributed by atoms with Crippen molar-refractivity contribution in [2.75, 3.05) is 40.9 Å². The van der Waals surface area contributed by atoms with Crippen molar-refractivity contribution in [2.45, 2.75) is 19.3 Å². The fourth-order valence-electron chi connectivity index (χ4n) is 2.78. The molecule has 2 rings (SSSR count). The Hall–Kier alpha value is -1.75. The van der Waals surface area contributed by atoms with Crippen LogP contribution in [0.4, 0.5) is 0 Å². The molecule has 1 N–H and O–H groups in total. The summed E-state index contributed by atoms with van der Waals surface area (Å²) in [7, 11) is 5.37. The quantitative estimate of drug-likeness (QED) is 0.869. The van der Waals surface area contributed by atoms with E-state index < -0.39 is 0 Å². The summed E-state index contributed by atoms with van der Waals surface area (Å²) < 4.78 is 10.5. The maximum atomic E-state index is 12.2. The van der Waals surface area contributed by atoms with Crippen LogP contribution in [0.25, 0.3) is 0 Å². The smallest absolute Gasteiger partial charge is 0.224 e. The SMILES string of the molecule is COc1ccc(OC)c(CC(=O)NCC2CCN(C)CC2)c1. The Morgan fingerprint density at radius 1 is 1.27 bits per heavy atom. The minimum absolute atomic E-state index is 0.0329. The Balaban J connectivity index is 1.86. The first kappa shape index (κ1) is 16.6. The van der Waals surface area contributed by atoms with Gasteiger partial charge >= 0.3 is 0 Å². The molecule has 22 heavy (non-hydrogen) atoms. The van der Waals surface area contributed by atoms with Crippen LogP contribution in [0.1, 0.15) is 18.4 Å². The highest BCUT2D eigenvalue weighted by Crippen LogP contribution is 2.24. The van der Waals surface area contributed by atoms with Crippen molar-refractivity contribution in [1.29, 1.82) is 0 Å². The molecule has 1 fully saturated rings. The molecule has 1 aromatic carbocycles. The lowest BCUT2D eigenvalue weighted by Gasteiger charge is -2.28. The lowest BCUT2D eigenvalue weighted by atomic mass is 9.97. The van der Waals surface area contributed by atoms with E-state index in [4.69, 9.17) is 9.47 Å². The number of hydrogen-bond acceptors (Lipinski definition) is 4. The maximum absolute atomic E-state index is 12.2. The largest absolute Gasteiger partial charge is 0.497 e. The van der Waals surface area contributed by atoms with Crippen molar-refractivity contribution in [3.05, 3.63) is 23.8 Å². The van der Waals surface area contributed by atoms with Gasteiger partial charge in [0, 0.05) is 12.1 Å². The van der Waals surface area contributed by atoms with E-state index in [0.29, 0.717) is 12.3 Å². The number of hydrogen-bond donors (Lipinski definition) is 1. The number of carbonyl (C=O) groups excluding carboxylic acids is 1. The van der Waals surface area contributed by atoms with Crippen molar-refractivity contribution >= 4 is 5.91 Å². The Bertz CT molecular complexity index is 497. The third kappa shape index (κ3) is 4.63. The number of amides is 1. The van der Waals surface area contributed by atoms with Crippen LogP contribution in [0.3, 0.4) is 0 Å². The van der Waals surface area contributed by atoms with E-state index in [9.17, 15) is 4.79 Å². The number of ether oxygens (including phenoxy) is 2. The van der Waals surface area contributed by atoms with E-state index in [0.717, 1.165) is 49.5 Å². The molecule has 0 atom stereocenters. The van der Waals surface area contributed by atoms with Gasteiger partial charge in [0.25, 0.3) is 0 Å². The topological polar surface area (TPSA) is 50.8 Å². The Morgan fingerprint density at radius 3 is 2.64 bits per heavy atom. The summed E-state index contributed by atoms with van der Waals surface area (Å²) in [6.45, 7) is 2.99. The van der Waals surface area contributed by atoms with Gasteiger partial charge in [-0.2, -0.15) is 0 Å². The first-order valence-electron chi connectivity index (χ1n) is 7.78. The summed E-state index contributed by atoms with van der Waals surface area (Å²) in [5.74, 6) is 2.08. The van der Waals surface area contributed by atoms with Gasteiger partial charge in [0.2, 0.25) is 5.91 Å². The fourth-order valence-corrected chi connectivity index (χ4v) is 2.78. The number of carbonyl (C=O) groups is 1. The van der Waals surface area contributed by atoms with E-state index in [2.05, 4.69) is 17.3 Å². The summed E-state index contributed by atoms with van der Waals surface area (Å²) in [6.07, 6.45) is 2.62. The van der Waals surface area contributed by atoms with Crippen molar-refractivity contribution in [3.8, 4) is 11.5 Å². The molecule has 1 amide bonds. The van der Waals surface area contributed by atoms with Crippen LogP contribution in [-0.2, 0) is 11.2 Å². The average molecular weight is 306 g/mol. The van der Waals surface area contributed by atoms with Gasteiger partial charge in [0.05, 0.1) is 20.6 Å². The van der Waals surface area contributed by atoms with E-state index in [1.54, 1.807) is 14.2 Å². The Kier molecular flexibility index (Phi) is 6.07. The molecule has 1 aliphatic heterocycles. The molecule has 0 spiro atoms. The summed E-state index contributed by atoms with van der Waals surface area (Å²) in [6, 6.07) is 5.52. The molecule has 5 heteroatoms. The lowest BCUT2D eigenvalue weighted by Crippen LogP contribution is -2.37.